The Morgan fingerprint density at radius 2 is 2.26 bits per heavy atom. The Hall–Kier alpha value is -0.870. The number of thiophene rings is 1. The minimum Gasteiger partial charge on any atom is -0.369 e. The standard InChI is InChI=1S/C14H18ClN3S/c1-3-10-6-11-12(16-7-8(2)9-4-5-9)17-14(15)18-13(11)19-10/h6,8-9H,3-5,7H2,1-2H3,(H,16,17,18). The average molecular weight is 296 g/mol. The summed E-state index contributed by atoms with van der Waals surface area (Å²) < 4.78 is 0. The van der Waals surface area contributed by atoms with Crippen LogP contribution in [0, 0.1) is 11.8 Å². The molecule has 19 heavy (non-hydrogen) atoms. The van der Waals surface area contributed by atoms with Gasteiger partial charge in [-0.15, -0.1) is 11.3 Å². The van der Waals surface area contributed by atoms with Crippen LogP contribution in [0.25, 0.3) is 10.2 Å². The number of halogens is 1. The molecule has 0 aromatic carbocycles. The van der Waals surface area contributed by atoms with Crippen LogP contribution in [0.2, 0.25) is 5.28 Å². The fourth-order valence-electron chi connectivity index (χ4n) is 2.34. The van der Waals surface area contributed by atoms with Gasteiger partial charge in [-0.05, 0) is 48.8 Å². The minimum absolute atomic E-state index is 0.332. The van der Waals surface area contributed by atoms with Crippen LogP contribution in [0.15, 0.2) is 6.07 Å². The molecule has 1 saturated carbocycles. The number of rotatable bonds is 5. The zero-order valence-corrected chi connectivity index (χ0v) is 12.8. The van der Waals surface area contributed by atoms with E-state index in [0.29, 0.717) is 11.2 Å². The van der Waals surface area contributed by atoms with E-state index in [1.165, 1.54) is 17.7 Å². The molecule has 1 aliphatic carbocycles. The molecule has 1 N–H and O–H groups in total. The van der Waals surface area contributed by atoms with E-state index >= 15 is 0 Å². The third-order valence-electron chi connectivity index (χ3n) is 3.78. The van der Waals surface area contributed by atoms with Crippen molar-refractivity contribution in [2.45, 2.75) is 33.1 Å². The maximum Gasteiger partial charge on any atom is 0.225 e. The van der Waals surface area contributed by atoms with E-state index in [1.807, 2.05) is 0 Å². The van der Waals surface area contributed by atoms with E-state index in [9.17, 15) is 0 Å². The summed E-state index contributed by atoms with van der Waals surface area (Å²) in [6, 6.07) is 2.18. The zero-order valence-electron chi connectivity index (χ0n) is 11.2. The van der Waals surface area contributed by atoms with Gasteiger partial charge in [0.05, 0.1) is 5.39 Å². The lowest BCUT2D eigenvalue weighted by molar-refractivity contribution is 0.536. The lowest BCUT2D eigenvalue weighted by Crippen LogP contribution is -2.14. The Kier molecular flexibility index (Phi) is 3.63. The second kappa shape index (κ2) is 5.25. The topological polar surface area (TPSA) is 37.8 Å². The molecule has 0 saturated heterocycles. The lowest BCUT2D eigenvalue weighted by atomic mass is 10.1. The number of nitrogens with one attached hydrogen (secondary N) is 1. The number of aryl methyl sites for hydroxylation is 1. The Morgan fingerprint density at radius 3 is 2.95 bits per heavy atom. The van der Waals surface area contributed by atoms with Gasteiger partial charge in [-0.25, -0.2) is 9.97 Å². The molecule has 1 aliphatic rings. The third kappa shape index (κ3) is 2.84. The lowest BCUT2D eigenvalue weighted by Gasteiger charge is -2.12. The molecule has 2 aromatic heterocycles. The number of hydrogen-bond donors (Lipinski definition) is 1. The molecule has 1 unspecified atom stereocenters. The van der Waals surface area contributed by atoms with Crippen molar-refractivity contribution in [2.75, 3.05) is 11.9 Å². The number of hydrogen-bond acceptors (Lipinski definition) is 4. The number of anilines is 1. The van der Waals surface area contributed by atoms with Crippen LogP contribution in [0.4, 0.5) is 5.82 Å². The maximum absolute atomic E-state index is 6.01. The van der Waals surface area contributed by atoms with Crippen LogP contribution >= 0.6 is 22.9 Å². The molecule has 5 heteroatoms. The molecular formula is C14H18ClN3S. The predicted molar refractivity (Wildman–Crippen MR) is 82.2 cm³/mol. The summed E-state index contributed by atoms with van der Waals surface area (Å²) in [6.45, 7) is 5.42. The summed E-state index contributed by atoms with van der Waals surface area (Å²) in [5.41, 5.74) is 0. The first kappa shape index (κ1) is 13.1. The highest BCUT2D eigenvalue weighted by molar-refractivity contribution is 7.18. The summed E-state index contributed by atoms with van der Waals surface area (Å²) in [4.78, 5) is 11.0. The monoisotopic (exact) mass is 295 g/mol. The van der Waals surface area contributed by atoms with Crippen molar-refractivity contribution in [3.05, 3.63) is 16.2 Å². The zero-order chi connectivity index (χ0) is 13.4. The molecule has 0 bridgehead atoms. The SMILES string of the molecule is CCc1cc2c(NCC(C)C3CC3)nc(Cl)nc2s1. The highest BCUT2D eigenvalue weighted by Gasteiger charge is 2.27. The van der Waals surface area contributed by atoms with Gasteiger partial charge < -0.3 is 5.32 Å². The van der Waals surface area contributed by atoms with Crippen LogP contribution in [-0.4, -0.2) is 16.5 Å². The van der Waals surface area contributed by atoms with Crippen molar-refractivity contribution in [2.24, 2.45) is 11.8 Å². The van der Waals surface area contributed by atoms with Gasteiger partial charge in [0.1, 0.15) is 10.6 Å². The number of aromatic nitrogens is 2. The molecule has 0 aliphatic heterocycles. The fraction of sp³-hybridized carbons (Fsp3) is 0.571. The van der Waals surface area contributed by atoms with Crippen molar-refractivity contribution in [3.8, 4) is 0 Å². The van der Waals surface area contributed by atoms with Gasteiger partial charge in [0.15, 0.2) is 0 Å². The molecule has 1 fully saturated rings. The van der Waals surface area contributed by atoms with Gasteiger partial charge in [-0.1, -0.05) is 13.8 Å². The summed E-state index contributed by atoms with van der Waals surface area (Å²) >= 11 is 7.71. The maximum atomic E-state index is 6.01. The Labute approximate surface area is 122 Å². The normalized spacial score (nSPS) is 16.8. The minimum atomic E-state index is 0.332. The largest absolute Gasteiger partial charge is 0.369 e. The summed E-state index contributed by atoms with van der Waals surface area (Å²) in [7, 11) is 0. The van der Waals surface area contributed by atoms with E-state index in [1.54, 1.807) is 11.3 Å². The number of nitrogens with zero attached hydrogens (tertiary/aromatic N) is 2. The third-order valence-corrected chi connectivity index (χ3v) is 5.13. The van der Waals surface area contributed by atoms with Crippen molar-refractivity contribution < 1.29 is 0 Å². The smallest absolute Gasteiger partial charge is 0.225 e. The molecule has 1 atom stereocenters. The molecule has 0 radical (unpaired) electrons. The molecular weight excluding hydrogens is 278 g/mol. The molecule has 0 spiro atoms. The van der Waals surface area contributed by atoms with Gasteiger partial charge in [-0.2, -0.15) is 0 Å². The summed E-state index contributed by atoms with van der Waals surface area (Å²) in [5, 5.41) is 4.90. The molecule has 102 valence electrons. The highest BCUT2D eigenvalue weighted by Crippen LogP contribution is 2.37. The van der Waals surface area contributed by atoms with Crippen molar-refractivity contribution >= 4 is 39.0 Å². The highest BCUT2D eigenvalue weighted by atomic mass is 35.5. The molecule has 3 rings (SSSR count). The van der Waals surface area contributed by atoms with Crippen LogP contribution in [0.1, 0.15) is 31.6 Å². The molecule has 3 nitrogen and oxygen atoms in total. The van der Waals surface area contributed by atoms with E-state index in [4.69, 9.17) is 11.6 Å². The second-order valence-electron chi connectivity index (χ2n) is 5.32. The van der Waals surface area contributed by atoms with Crippen LogP contribution < -0.4 is 5.32 Å². The van der Waals surface area contributed by atoms with Crippen molar-refractivity contribution in [3.63, 3.8) is 0 Å². The van der Waals surface area contributed by atoms with E-state index in [2.05, 4.69) is 35.2 Å². The average Bonchev–Trinajstić information content (AvgIpc) is 3.15. The van der Waals surface area contributed by atoms with Gasteiger partial charge in [0.25, 0.3) is 0 Å². The van der Waals surface area contributed by atoms with Gasteiger partial charge in [0.2, 0.25) is 5.28 Å². The van der Waals surface area contributed by atoms with Crippen molar-refractivity contribution in [1.82, 2.24) is 9.97 Å². The Balaban J connectivity index is 1.85. The van der Waals surface area contributed by atoms with E-state index in [-0.39, 0.29) is 0 Å². The Morgan fingerprint density at radius 1 is 1.47 bits per heavy atom. The molecule has 2 aromatic rings. The predicted octanol–water partition coefficient (Wildman–Crippen LogP) is 4.37. The second-order valence-corrected chi connectivity index (χ2v) is 6.78. The van der Waals surface area contributed by atoms with Crippen LogP contribution in [0.5, 0.6) is 0 Å². The first-order valence-corrected chi connectivity index (χ1v) is 8.06. The first-order chi connectivity index (χ1) is 9.17. The van der Waals surface area contributed by atoms with Crippen molar-refractivity contribution in [1.29, 1.82) is 0 Å². The fourth-order valence-corrected chi connectivity index (χ4v) is 3.53. The van der Waals surface area contributed by atoms with Crippen LogP contribution in [-0.2, 0) is 6.42 Å². The van der Waals surface area contributed by atoms with E-state index < -0.39 is 0 Å². The quantitative estimate of drug-likeness (QED) is 0.833. The summed E-state index contributed by atoms with van der Waals surface area (Å²) in [5.74, 6) is 2.49. The van der Waals surface area contributed by atoms with Gasteiger partial charge in [0, 0.05) is 11.4 Å². The van der Waals surface area contributed by atoms with E-state index in [0.717, 1.165) is 34.9 Å². The molecule has 0 amide bonds. The van der Waals surface area contributed by atoms with Gasteiger partial charge >= 0.3 is 0 Å². The molecule has 2 heterocycles. The Bertz CT molecular complexity index is 592. The first-order valence-electron chi connectivity index (χ1n) is 6.87. The van der Waals surface area contributed by atoms with Crippen LogP contribution in [0.3, 0.4) is 0 Å². The number of fused-ring (bicyclic) bond motifs is 1. The summed E-state index contributed by atoms with van der Waals surface area (Å²) in [6.07, 6.45) is 3.78. The van der Waals surface area contributed by atoms with Gasteiger partial charge in [-0.3, -0.25) is 0 Å².